The quantitative estimate of drug-likeness (QED) is 0.571. The Kier molecular flexibility index (Phi) is 5.62. The lowest BCUT2D eigenvalue weighted by Crippen LogP contribution is -2.48. The third kappa shape index (κ3) is 4.30. The maximum Gasteiger partial charge on any atom is 0.418 e. The predicted molar refractivity (Wildman–Crippen MR) is 112 cm³/mol. The summed E-state index contributed by atoms with van der Waals surface area (Å²) in [6.07, 6.45) is -3.34. The number of benzene rings is 2. The lowest BCUT2D eigenvalue weighted by Gasteiger charge is -2.36. The van der Waals surface area contributed by atoms with Crippen molar-refractivity contribution in [1.82, 2.24) is 4.90 Å². The molecule has 6 nitrogen and oxygen atoms in total. The van der Waals surface area contributed by atoms with E-state index < -0.39 is 29.4 Å². The number of piperazine rings is 1. The van der Waals surface area contributed by atoms with Gasteiger partial charge >= 0.3 is 6.18 Å². The van der Waals surface area contributed by atoms with Crippen LogP contribution in [0.5, 0.6) is 0 Å². The van der Waals surface area contributed by atoms with Gasteiger partial charge in [-0.15, -0.1) is 0 Å². The van der Waals surface area contributed by atoms with E-state index >= 15 is 0 Å². The molecule has 10 heteroatoms. The highest BCUT2D eigenvalue weighted by Crippen LogP contribution is 2.39. The molecule has 1 unspecified atom stereocenters. The topological polar surface area (TPSA) is 65.0 Å². The van der Waals surface area contributed by atoms with E-state index in [9.17, 15) is 27.2 Å². The number of anilines is 2. The molecule has 168 valence electrons. The van der Waals surface area contributed by atoms with Crippen LogP contribution in [-0.2, 0) is 15.8 Å². The second kappa shape index (κ2) is 8.25. The minimum atomic E-state index is -4.60. The van der Waals surface area contributed by atoms with Crippen molar-refractivity contribution in [3.63, 3.8) is 0 Å². The summed E-state index contributed by atoms with van der Waals surface area (Å²) in [5.41, 5.74) is 0.0753. The maximum atomic E-state index is 13.8. The second-order valence-electron chi connectivity index (χ2n) is 7.67. The fourth-order valence-corrected chi connectivity index (χ4v) is 3.94. The first-order valence-electron chi connectivity index (χ1n) is 9.99. The van der Waals surface area contributed by atoms with Gasteiger partial charge < -0.3 is 15.1 Å². The molecule has 0 aliphatic carbocycles. The number of halogens is 4. The first-order valence-corrected chi connectivity index (χ1v) is 9.99. The monoisotopic (exact) mass is 448 g/mol. The molecule has 0 aromatic heterocycles. The van der Waals surface area contributed by atoms with Crippen LogP contribution in [0.3, 0.4) is 0 Å². The third-order valence-corrected chi connectivity index (χ3v) is 5.61. The summed E-state index contributed by atoms with van der Waals surface area (Å²) < 4.78 is 54.7. The summed E-state index contributed by atoms with van der Waals surface area (Å²) in [5.74, 6) is -1.86. The van der Waals surface area contributed by atoms with E-state index in [2.05, 4.69) is 10.3 Å². The van der Waals surface area contributed by atoms with Gasteiger partial charge in [-0.2, -0.15) is 13.2 Å². The maximum absolute atomic E-state index is 13.8. The average molecular weight is 448 g/mol. The molecule has 32 heavy (non-hydrogen) atoms. The number of carbonyl (C=O) groups excluding carboxylic acids is 2. The summed E-state index contributed by atoms with van der Waals surface area (Å²) >= 11 is 0. The van der Waals surface area contributed by atoms with Gasteiger partial charge in [0, 0.05) is 50.7 Å². The van der Waals surface area contributed by atoms with Crippen LogP contribution in [0.25, 0.3) is 0 Å². The molecule has 2 aromatic rings. The molecule has 0 spiro atoms. The van der Waals surface area contributed by atoms with Gasteiger partial charge in [0.2, 0.25) is 11.8 Å². The van der Waals surface area contributed by atoms with Gasteiger partial charge in [-0.1, -0.05) is 6.07 Å². The van der Waals surface area contributed by atoms with Crippen LogP contribution in [0.2, 0.25) is 0 Å². The lowest BCUT2D eigenvalue weighted by molar-refractivity contribution is -0.137. The Bertz CT molecular complexity index is 1090. The lowest BCUT2D eigenvalue weighted by atomic mass is 10.0. The highest BCUT2D eigenvalue weighted by molar-refractivity contribution is 6.12. The SMILES string of the molecule is CC(=O)N1CCN(c2ccc(N=CC3C(=O)Nc4cc(F)ccc43)cc2C(F)(F)F)CC1. The molecule has 2 aromatic carbocycles. The number of nitrogens with one attached hydrogen (secondary N) is 1. The molecule has 1 saturated heterocycles. The molecule has 2 aliphatic heterocycles. The number of nitrogens with zero attached hydrogens (tertiary/aromatic N) is 3. The highest BCUT2D eigenvalue weighted by atomic mass is 19.4. The Morgan fingerprint density at radius 2 is 1.84 bits per heavy atom. The van der Waals surface area contributed by atoms with E-state index in [1.54, 1.807) is 9.80 Å². The van der Waals surface area contributed by atoms with Crippen LogP contribution >= 0.6 is 0 Å². The summed E-state index contributed by atoms with van der Waals surface area (Å²) in [5, 5.41) is 2.54. The van der Waals surface area contributed by atoms with Crippen molar-refractivity contribution in [3.8, 4) is 0 Å². The summed E-state index contributed by atoms with van der Waals surface area (Å²) in [7, 11) is 0. The molecule has 2 amide bonds. The second-order valence-corrected chi connectivity index (χ2v) is 7.67. The number of aliphatic imine (C=N–C) groups is 1. The minimum Gasteiger partial charge on any atom is -0.367 e. The van der Waals surface area contributed by atoms with Gasteiger partial charge in [0.1, 0.15) is 11.7 Å². The predicted octanol–water partition coefficient (Wildman–Crippen LogP) is 3.95. The number of carbonyl (C=O) groups is 2. The number of hydrogen-bond donors (Lipinski definition) is 1. The fourth-order valence-electron chi connectivity index (χ4n) is 3.94. The van der Waals surface area contributed by atoms with Gasteiger partial charge in [-0.3, -0.25) is 14.6 Å². The Morgan fingerprint density at radius 1 is 1.12 bits per heavy atom. The molecule has 2 heterocycles. The number of hydrogen-bond acceptors (Lipinski definition) is 4. The van der Waals surface area contributed by atoms with Gasteiger partial charge in [0.15, 0.2) is 0 Å². The number of alkyl halides is 3. The standard InChI is InChI=1S/C22H20F4N4O2/c1-13(31)29-6-8-30(9-7-29)20-5-3-15(11-18(20)22(24,25)26)27-12-17-16-4-2-14(23)10-19(16)28-21(17)32/h2-5,10-12,17H,6-9H2,1H3,(H,28,32). The molecule has 1 fully saturated rings. The Morgan fingerprint density at radius 3 is 2.50 bits per heavy atom. The largest absolute Gasteiger partial charge is 0.418 e. The summed E-state index contributed by atoms with van der Waals surface area (Å²) in [4.78, 5) is 31.0. The van der Waals surface area contributed by atoms with E-state index in [4.69, 9.17) is 0 Å². The van der Waals surface area contributed by atoms with Crippen LogP contribution in [0.15, 0.2) is 41.4 Å². The molecule has 1 atom stereocenters. The van der Waals surface area contributed by atoms with E-state index in [-0.39, 0.29) is 17.3 Å². The molecule has 1 N–H and O–H groups in total. The highest BCUT2D eigenvalue weighted by Gasteiger charge is 2.36. The number of fused-ring (bicyclic) bond motifs is 1. The van der Waals surface area contributed by atoms with Crippen LogP contribution < -0.4 is 10.2 Å². The zero-order valence-electron chi connectivity index (χ0n) is 17.1. The average Bonchev–Trinajstić information content (AvgIpc) is 3.05. The van der Waals surface area contributed by atoms with Crippen LogP contribution in [-0.4, -0.2) is 49.1 Å². The number of rotatable bonds is 3. The molecular formula is C22H20F4N4O2. The van der Waals surface area contributed by atoms with Crippen molar-refractivity contribution in [3.05, 3.63) is 53.3 Å². The van der Waals surface area contributed by atoms with E-state index in [1.165, 1.54) is 43.5 Å². The molecule has 0 saturated carbocycles. The van der Waals surface area contributed by atoms with Crippen LogP contribution in [0.4, 0.5) is 34.6 Å². The van der Waals surface area contributed by atoms with E-state index in [1.807, 2.05) is 0 Å². The van der Waals surface area contributed by atoms with E-state index in [0.717, 1.165) is 6.07 Å². The number of amides is 2. The van der Waals surface area contributed by atoms with Crippen LogP contribution in [0.1, 0.15) is 24.0 Å². The molecule has 2 aliphatic rings. The van der Waals surface area contributed by atoms with Crippen molar-refractivity contribution >= 4 is 35.1 Å². The molecular weight excluding hydrogens is 428 g/mol. The summed E-state index contributed by atoms with van der Waals surface area (Å²) in [6, 6.07) is 7.60. The van der Waals surface area contributed by atoms with Crippen LogP contribution in [0, 0.1) is 5.82 Å². The Labute approximate surface area is 181 Å². The third-order valence-electron chi connectivity index (χ3n) is 5.61. The van der Waals surface area contributed by atoms with Crippen molar-refractivity contribution in [2.24, 2.45) is 4.99 Å². The van der Waals surface area contributed by atoms with Crippen molar-refractivity contribution in [2.45, 2.75) is 19.0 Å². The normalized spacial score (nSPS) is 18.8. The Balaban J connectivity index is 1.59. The smallest absolute Gasteiger partial charge is 0.367 e. The zero-order valence-corrected chi connectivity index (χ0v) is 17.1. The summed E-state index contributed by atoms with van der Waals surface area (Å²) in [6.45, 7) is 2.72. The van der Waals surface area contributed by atoms with E-state index in [0.29, 0.717) is 37.4 Å². The first kappa shape index (κ1) is 21.8. The minimum absolute atomic E-state index is 0.0269. The van der Waals surface area contributed by atoms with Gasteiger partial charge in [-0.25, -0.2) is 4.39 Å². The van der Waals surface area contributed by atoms with Gasteiger partial charge in [0.05, 0.1) is 11.3 Å². The fraction of sp³-hybridized carbons (Fsp3) is 0.318. The molecule has 0 radical (unpaired) electrons. The van der Waals surface area contributed by atoms with Crippen molar-refractivity contribution < 1.29 is 27.2 Å². The Hall–Kier alpha value is -3.43. The zero-order chi connectivity index (χ0) is 23.0. The molecule has 0 bridgehead atoms. The first-order chi connectivity index (χ1) is 15.1. The van der Waals surface area contributed by atoms with Gasteiger partial charge in [0.25, 0.3) is 0 Å². The molecule has 4 rings (SSSR count). The van der Waals surface area contributed by atoms with Gasteiger partial charge in [-0.05, 0) is 35.9 Å². The van der Waals surface area contributed by atoms with Crippen molar-refractivity contribution in [2.75, 3.05) is 36.4 Å². The van der Waals surface area contributed by atoms with Crippen molar-refractivity contribution in [1.29, 1.82) is 0 Å².